The van der Waals surface area contributed by atoms with Gasteiger partial charge in [-0.05, 0) is 12.1 Å². The summed E-state index contributed by atoms with van der Waals surface area (Å²) in [7, 11) is 0. The Morgan fingerprint density at radius 3 is 2.67 bits per heavy atom. The Hall–Kier alpha value is -2.62. The fourth-order valence-electron chi connectivity index (χ4n) is 2.24. The minimum atomic E-state index is -0.313. The van der Waals surface area contributed by atoms with Crippen LogP contribution in [0.3, 0.4) is 0 Å². The molecule has 0 fully saturated rings. The van der Waals surface area contributed by atoms with E-state index in [0.717, 1.165) is 16.5 Å². The number of fused-ring (bicyclic) bond motifs is 1. The maximum atomic E-state index is 13.5. The molecule has 106 valence electrons. The van der Waals surface area contributed by atoms with Gasteiger partial charge in [0.15, 0.2) is 0 Å². The summed E-state index contributed by atoms with van der Waals surface area (Å²) in [4.78, 5) is 12.0. The molecule has 1 N–H and O–H groups in total. The standard InChI is InChI=1S/C17H14FNO2/c18-15-7-3-1-5-12(15)10-19-17(20)9-13-11-21-16-8-4-2-6-14(13)16/h1-8,11H,9-10H2,(H,19,20). The molecule has 3 aromatic rings. The topological polar surface area (TPSA) is 42.2 Å². The van der Waals surface area contributed by atoms with E-state index >= 15 is 0 Å². The predicted molar refractivity (Wildman–Crippen MR) is 78.2 cm³/mol. The summed E-state index contributed by atoms with van der Waals surface area (Å²) in [6.07, 6.45) is 1.80. The molecule has 0 unspecified atom stereocenters. The van der Waals surface area contributed by atoms with Crippen molar-refractivity contribution in [2.45, 2.75) is 13.0 Å². The van der Waals surface area contributed by atoms with Gasteiger partial charge in [0.1, 0.15) is 11.4 Å². The van der Waals surface area contributed by atoms with Crippen molar-refractivity contribution in [1.82, 2.24) is 5.32 Å². The molecule has 2 aromatic carbocycles. The molecule has 0 atom stereocenters. The molecule has 0 radical (unpaired) electrons. The number of benzene rings is 2. The van der Waals surface area contributed by atoms with Crippen molar-refractivity contribution in [1.29, 1.82) is 0 Å². The molecule has 1 amide bonds. The van der Waals surface area contributed by atoms with E-state index in [1.165, 1.54) is 6.07 Å². The van der Waals surface area contributed by atoms with Gasteiger partial charge in [0.25, 0.3) is 0 Å². The lowest BCUT2D eigenvalue weighted by Crippen LogP contribution is -2.24. The zero-order valence-corrected chi connectivity index (χ0v) is 11.3. The average molecular weight is 283 g/mol. The number of para-hydroxylation sites is 1. The monoisotopic (exact) mass is 283 g/mol. The number of carbonyl (C=O) groups is 1. The van der Waals surface area contributed by atoms with Crippen LogP contribution in [0.25, 0.3) is 11.0 Å². The Bertz CT molecular complexity index is 779. The molecule has 1 heterocycles. The van der Waals surface area contributed by atoms with Gasteiger partial charge in [-0.1, -0.05) is 36.4 Å². The smallest absolute Gasteiger partial charge is 0.224 e. The second kappa shape index (κ2) is 5.79. The Kier molecular flexibility index (Phi) is 3.69. The first kappa shape index (κ1) is 13.4. The maximum Gasteiger partial charge on any atom is 0.224 e. The molecule has 0 bridgehead atoms. The minimum absolute atomic E-state index is 0.162. The molecule has 21 heavy (non-hydrogen) atoms. The minimum Gasteiger partial charge on any atom is -0.464 e. The molecular weight excluding hydrogens is 269 g/mol. The maximum absolute atomic E-state index is 13.5. The third-order valence-electron chi connectivity index (χ3n) is 3.35. The summed E-state index contributed by atoms with van der Waals surface area (Å²) in [5, 5.41) is 3.65. The number of rotatable bonds is 4. The van der Waals surface area contributed by atoms with Crippen LogP contribution in [-0.2, 0) is 17.8 Å². The quantitative estimate of drug-likeness (QED) is 0.797. The first-order valence-electron chi connectivity index (χ1n) is 6.69. The van der Waals surface area contributed by atoms with E-state index in [1.807, 2.05) is 24.3 Å². The molecule has 4 heteroatoms. The fraction of sp³-hybridized carbons (Fsp3) is 0.118. The van der Waals surface area contributed by atoms with Gasteiger partial charge >= 0.3 is 0 Å². The SMILES string of the molecule is O=C(Cc1coc2ccccc12)NCc1ccccc1F. The first-order chi connectivity index (χ1) is 10.2. The van der Waals surface area contributed by atoms with Crippen LogP contribution >= 0.6 is 0 Å². The number of carbonyl (C=O) groups excluding carboxylic acids is 1. The molecular formula is C17H14FNO2. The summed E-state index contributed by atoms with van der Waals surface area (Å²) in [6.45, 7) is 0.182. The Balaban J connectivity index is 1.66. The Labute approximate surface area is 121 Å². The van der Waals surface area contributed by atoms with Gasteiger partial charge in [-0.25, -0.2) is 4.39 Å². The van der Waals surface area contributed by atoms with Crippen LogP contribution in [0.15, 0.2) is 59.2 Å². The van der Waals surface area contributed by atoms with E-state index in [1.54, 1.807) is 24.5 Å². The third kappa shape index (κ3) is 2.94. The van der Waals surface area contributed by atoms with Crippen LogP contribution in [0, 0.1) is 5.82 Å². The van der Waals surface area contributed by atoms with Gasteiger partial charge < -0.3 is 9.73 Å². The van der Waals surface area contributed by atoms with E-state index in [4.69, 9.17) is 4.42 Å². The lowest BCUT2D eigenvalue weighted by Gasteiger charge is -2.05. The largest absolute Gasteiger partial charge is 0.464 e. The lowest BCUT2D eigenvalue weighted by molar-refractivity contribution is -0.120. The summed E-state index contributed by atoms with van der Waals surface area (Å²) >= 11 is 0. The number of hydrogen-bond donors (Lipinski definition) is 1. The second-order valence-electron chi connectivity index (χ2n) is 4.80. The van der Waals surface area contributed by atoms with Crippen molar-refractivity contribution in [3.8, 4) is 0 Å². The van der Waals surface area contributed by atoms with E-state index in [0.29, 0.717) is 5.56 Å². The van der Waals surface area contributed by atoms with Crippen LogP contribution in [-0.4, -0.2) is 5.91 Å². The fourth-order valence-corrected chi connectivity index (χ4v) is 2.24. The molecule has 3 nitrogen and oxygen atoms in total. The van der Waals surface area contributed by atoms with Gasteiger partial charge in [-0.3, -0.25) is 4.79 Å². The van der Waals surface area contributed by atoms with Crippen molar-refractivity contribution in [2.75, 3.05) is 0 Å². The summed E-state index contributed by atoms with van der Waals surface area (Å²) in [5.74, 6) is -0.476. The highest BCUT2D eigenvalue weighted by Gasteiger charge is 2.10. The molecule has 1 aromatic heterocycles. The van der Waals surface area contributed by atoms with Gasteiger partial charge in [-0.2, -0.15) is 0 Å². The van der Waals surface area contributed by atoms with Crippen molar-refractivity contribution in [3.63, 3.8) is 0 Å². The lowest BCUT2D eigenvalue weighted by atomic mass is 10.1. The molecule has 0 aliphatic heterocycles. The Morgan fingerprint density at radius 1 is 1.05 bits per heavy atom. The number of halogens is 1. The van der Waals surface area contributed by atoms with Crippen molar-refractivity contribution >= 4 is 16.9 Å². The molecule has 0 spiro atoms. The average Bonchev–Trinajstić information content (AvgIpc) is 2.90. The molecule has 0 aliphatic carbocycles. The van der Waals surface area contributed by atoms with E-state index in [-0.39, 0.29) is 24.7 Å². The molecule has 0 saturated heterocycles. The highest BCUT2D eigenvalue weighted by Crippen LogP contribution is 2.21. The first-order valence-corrected chi connectivity index (χ1v) is 6.69. The van der Waals surface area contributed by atoms with Crippen LogP contribution in [0.2, 0.25) is 0 Å². The van der Waals surface area contributed by atoms with Gasteiger partial charge in [-0.15, -0.1) is 0 Å². The number of furan rings is 1. The van der Waals surface area contributed by atoms with Gasteiger partial charge in [0.05, 0.1) is 12.7 Å². The molecule has 0 aliphatic rings. The second-order valence-corrected chi connectivity index (χ2v) is 4.80. The van der Waals surface area contributed by atoms with Gasteiger partial charge in [0, 0.05) is 23.1 Å². The van der Waals surface area contributed by atoms with E-state index in [9.17, 15) is 9.18 Å². The predicted octanol–water partition coefficient (Wildman–Crippen LogP) is 3.43. The Morgan fingerprint density at radius 2 is 1.81 bits per heavy atom. The zero-order chi connectivity index (χ0) is 14.7. The van der Waals surface area contributed by atoms with Crippen molar-refractivity contribution in [2.24, 2.45) is 0 Å². The van der Waals surface area contributed by atoms with Crippen LogP contribution < -0.4 is 5.32 Å². The van der Waals surface area contributed by atoms with E-state index in [2.05, 4.69) is 5.32 Å². The third-order valence-corrected chi connectivity index (χ3v) is 3.35. The van der Waals surface area contributed by atoms with Gasteiger partial charge in [0.2, 0.25) is 5.91 Å². The summed E-state index contributed by atoms with van der Waals surface area (Å²) in [6, 6.07) is 14.0. The number of amides is 1. The highest BCUT2D eigenvalue weighted by molar-refractivity contribution is 5.87. The van der Waals surface area contributed by atoms with Crippen LogP contribution in [0.4, 0.5) is 4.39 Å². The zero-order valence-electron chi connectivity index (χ0n) is 11.3. The van der Waals surface area contributed by atoms with Crippen LogP contribution in [0.1, 0.15) is 11.1 Å². The molecule has 3 rings (SSSR count). The molecule has 0 saturated carbocycles. The van der Waals surface area contributed by atoms with Crippen LogP contribution in [0.5, 0.6) is 0 Å². The summed E-state index contributed by atoms with van der Waals surface area (Å²) < 4.78 is 18.9. The summed E-state index contributed by atoms with van der Waals surface area (Å²) in [5.41, 5.74) is 2.06. The van der Waals surface area contributed by atoms with Crippen molar-refractivity contribution in [3.05, 3.63) is 71.7 Å². The van der Waals surface area contributed by atoms with E-state index < -0.39 is 0 Å². The number of nitrogens with one attached hydrogen (secondary N) is 1. The highest BCUT2D eigenvalue weighted by atomic mass is 19.1. The van der Waals surface area contributed by atoms with Crippen molar-refractivity contribution < 1.29 is 13.6 Å². The normalized spacial score (nSPS) is 10.7. The number of hydrogen-bond acceptors (Lipinski definition) is 2.